The van der Waals surface area contributed by atoms with E-state index in [1.165, 1.54) is 0 Å². The first-order valence-electron chi connectivity index (χ1n) is 12.0. The van der Waals surface area contributed by atoms with Crippen LogP contribution in [0, 0.1) is 18.3 Å². The van der Waals surface area contributed by atoms with Gasteiger partial charge in [-0.05, 0) is 68.2 Å². The highest BCUT2D eigenvalue weighted by Gasteiger charge is 2.37. The van der Waals surface area contributed by atoms with E-state index in [9.17, 15) is 31.1 Å². The lowest BCUT2D eigenvalue weighted by molar-refractivity contribution is -0.143. The van der Waals surface area contributed by atoms with Crippen LogP contribution in [0.3, 0.4) is 0 Å². The van der Waals surface area contributed by atoms with E-state index in [1.807, 2.05) is 13.8 Å². The Morgan fingerprint density at radius 1 is 1.00 bits per heavy atom. The van der Waals surface area contributed by atoms with Gasteiger partial charge in [-0.1, -0.05) is 26.3 Å². The van der Waals surface area contributed by atoms with Crippen molar-refractivity contribution < 1.29 is 31.1 Å². The summed E-state index contributed by atoms with van der Waals surface area (Å²) in [4.78, 5) is 12.3. The van der Waals surface area contributed by atoms with Crippen molar-refractivity contribution in [1.82, 2.24) is 16.0 Å². The molecule has 1 aromatic rings. The van der Waals surface area contributed by atoms with Crippen LogP contribution in [-0.2, 0) is 17.1 Å². The molecule has 1 fully saturated rings. The van der Waals surface area contributed by atoms with Gasteiger partial charge in [0.05, 0.1) is 17.7 Å². The molecule has 0 spiro atoms. The number of carbonyl (C=O) groups is 1. The zero-order valence-electron chi connectivity index (χ0n) is 20.5. The Morgan fingerprint density at radius 2 is 1.53 bits per heavy atom. The average Bonchev–Trinajstić information content (AvgIpc) is 2.84. The van der Waals surface area contributed by atoms with Crippen molar-refractivity contribution in [3.63, 3.8) is 0 Å². The third-order valence-electron chi connectivity index (χ3n) is 6.80. The number of carbonyl (C=O) groups excluding carboxylic acids is 1. The van der Waals surface area contributed by atoms with Gasteiger partial charge in [-0.15, -0.1) is 6.42 Å². The van der Waals surface area contributed by atoms with Gasteiger partial charge in [-0.25, -0.2) is 0 Å². The molecule has 0 heterocycles. The van der Waals surface area contributed by atoms with E-state index in [1.54, 1.807) is 0 Å². The second-order valence-electron chi connectivity index (χ2n) is 9.23. The molecule has 0 aromatic heterocycles. The maximum atomic E-state index is 13.1. The monoisotopic (exact) mass is 517 g/mol. The summed E-state index contributed by atoms with van der Waals surface area (Å²) in [7, 11) is 0. The maximum absolute atomic E-state index is 13.1. The lowest BCUT2D eigenvalue weighted by atomic mass is 9.86. The zero-order valence-corrected chi connectivity index (χ0v) is 20.5. The van der Waals surface area contributed by atoms with Gasteiger partial charge in [0.2, 0.25) is 5.91 Å². The average molecular weight is 518 g/mol. The van der Waals surface area contributed by atoms with E-state index in [0.717, 1.165) is 25.7 Å². The van der Waals surface area contributed by atoms with Crippen LogP contribution in [0.2, 0.25) is 0 Å². The Kier molecular flexibility index (Phi) is 9.89. The van der Waals surface area contributed by atoms with Gasteiger partial charge in [-0.3, -0.25) is 4.79 Å². The minimum absolute atomic E-state index is 0.00682. The number of alkyl halides is 6. The number of benzene rings is 1. The highest BCUT2D eigenvalue weighted by atomic mass is 19.4. The van der Waals surface area contributed by atoms with Crippen molar-refractivity contribution in [3.05, 3.63) is 41.5 Å². The molecule has 1 saturated carbocycles. The standard InChI is InChI=1S/C26H33F6N3O/c1-5-24(6-2,7-3)35-23(36)16-34-22-10-8-18(9-11-22)15-33-17(4)19-12-20(25(27,28)29)14-21(13-19)26(30,31)32/h1,12-14,18,22,33-34H,4,6-11,15-16H2,2-3H3,(H,35,36). The highest BCUT2D eigenvalue weighted by Crippen LogP contribution is 2.37. The Labute approximate surface area is 208 Å². The summed E-state index contributed by atoms with van der Waals surface area (Å²) >= 11 is 0. The van der Waals surface area contributed by atoms with Crippen LogP contribution in [0.4, 0.5) is 26.3 Å². The largest absolute Gasteiger partial charge is 0.416 e. The summed E-state index contributed by atoms with van der Waals surface area (Å²) in [5, 5.41) is 9.04. The molecule has 3 N–H and O–H groups in total. The lowest BCUT2D eigenvalue weighted by Gasteiger charge is -2.31. The third kappa shape index (κ3) is 8.19. The number of amides is 1. The van der Waals surface area contributed by atoms with Crippen LogP contribution in [0.1, 0.15) is 69.1 Å². The molecular formula is C26H33F6N3O. The number of rotatable bonds is 10. The van der Waals surface area contributed by atoms with E-state index in [-0.39, 0.29) is 41.7 Å². The first kappa shape index (κ1) is 29.6. The Morgan fingerprint density at radius 3 is 1.97 bits per heavy atom. The predicted molar refractivity (Wildman–Crippen MR) is 128 cm³/mol. The van der Waals surface area contributed by atoms with Crippen molar-refractivity contribution >= 4 is 11.6 Å². The van der Waals surface area contributed by atoms with E-state index >= 15 is 0 Å². The lowest BCUT2D eigenvalue weighted by Crippen LogP contribution is -2.50. The summed E-state index contributed by atoms with van der Waals surface area (Å²) in [6, 6.07) is 1.57. The summed E-state index contributed by atoms with van der Waals surface area (Å²) in [5.74, 6) is 2.67. The number of nitrogens with one attached hydrogen (secondary N) is 3. The molecular weight excluding hydrogens is 484 g/mol. The second kappa shape index (κ2) is 12.0. The smallest absolute Gasteiger partial charge is 0.385 e. The van der Waals surface area contributed by atoms with Crippen LogP contribution in [-0.4, -0.2) is 30.6 Å². The fraction of sp³-hybridized carbons (Fsp3) is 0.577. The van der Waals surface area contributed by atoms with Gasteiger partial charge >= 0.3 is 12.4 Å². The van der Waals surface area contributed by atoms with Crippen LogP contribution in [0.15, 0.2) is 24.8 Å². The molecule has 0 atom stereocenters. The summed E-state index contributed by atoms with van der Waals surface area (Å²) < 4.78 is 78.6. The van der Waals surface area contributed by atoms with Crippen LogP contribution >= 0.6 is 0 Å². The van der Waals surface area contributed by atoms with Crippen molar-refractivity contribution in [2.75, 3.05) is 13.1 Å². The van der Waals surface area contributed by atoms with Gasteiger partial charge in [0.1, 0.15) is 5.54 Å². The number of terminal acetylenes is 1. The van der Waals surface area contributed by atoms with Gasteiger partial charge in [0.25, 0.3) is 0 Å². The SMILES string of the molecule is C#CC(CC)(CC)NC(=O)CNC1CCC(CNC(=C)c2cc(C(F)(F)F)cc(C(F)(F)F)c2)CC1. The molecule has 1 aliphatic carbocycles. The first-order chi connectivity index (χ1) is 16.7. The fourth-order valence-corrected chi connectivity index (χ4v) is 4.28. The van der Waals surface area contributed by atoms with E-state index < -0.39 is 29.0 Å². The molecule has 0 saturated heterocycles. The summed E-state index contributed by atoms with van der Waals surface area (Å²) in [6.45, 7) is 8.01. The predicted octanol–water partition coefficient (Wildman–Crippen LogP) is 5.74. The molecule has 1 aromatic carbocycles. The third-order valence-corrected chi connectivity index (χ3v) is 6.80. The molecule has 4 nitrogen and oxygen atoms in total. The van der Waals surface area contributed by atoms with Crippen LogP contribution < -0.4 is 16.0 Å². The topological polar surface area (TPSA) is 53.2 Å². The van der Waals surface area contributed by atoms with Crippen molar-refractivity contribution in [2.45, 2.75) is 76.3 Å². The molecule has 0 unspecified atom stereocenters. The van der Waals surface area contributed by atoms with Gasteiger partial charge in [0, 0.05) is 18.3 Å². The van der Waals surface area contributed by atoms with Gasteiger partial charge in [0.15, 0.2) is 0 Å². The van der Waals surface area contributed by atoms with Gasteiger partial charge < -0.3 is 16.0 Å². The van der Waals surface area contributed by atoms with E-state index in [4.69, 9.17) is 6.42 Å². The van der Waals surface area contributed by atoms with Crippen molar-refractivity contribution in [2.24, 2.45) is 5.92 Å². The van der Waals surface area contributed by atoms with Crippen LogP contribution in [0.5, 0.6) is 0 Å². The molecule has 1 amide bonds. The minimum Gasteiger partial charge on any atom is -0.385 e. The molecule has 1 aliphatic rings. The fourth-order valence-electron chi connectivity index (χ4n) is 4.28. The number of hydrogen-bond donors (Lipinski definition) is 3. The van der Waals surface area contributed by atoms with Gasteiger partial charge in [-0.2, -0.15) is 26.3 Å². The second-order valence-corrected chi connectivity index (χ2v) is 9.23. The van der Waals surface area contributed by atoms with E-state index in [0.29, 0.717) is 31.5 Å². The Hall–Kier alpha value is -2.67. The molecule has 10 heteroatoms. The molecule has 200 valence electrons. The molecule has 0 aliphatic heterocycles. The number of hydrogen-bond acceptors (Lipinski definition) is 3. The highest BCUT2D eigenvalue weighted by molar-refractivity contribution is 5.79. The quantitative estimate of drug-likeness (QED) is 0.274. The molecule has 2 rings (SSSR count). The van der Waals surface area contributed by atoms with Crippen molar-refractivity contribution in [1.29, 1.82) is 0 Å². The van der Waals surface area contributed by atoms with Crippen LogP contribution in [0.25, 0.3) is 5.70 Å². The Balaban J connectivity index is 1.86. The first-order valence-corrected chi connectivity index (χ1v) is 12.0. The molecule has 36 heavy (non-hydrogen) atoms. The Bertz CT molecular complexity index is 920. The number of halogens is 6. The maximum Gasteiger partial charge on any atom is 0.416 e. The zero-order chi connectivity index (χ0) is 27.1. The molecule has 0 radical (unpaired) electrons. The summed E-state index contributed by atoms with van der Waals surface area (Å²) in [5.41, 5.74) is -3.63. The normalized spacial score (nSPS) is 18.9. The van der Waals surface area contributed by atoms with E-state index in [2.05, 4.69) is 28.4 Å². The van der Waals surface area contributed by atoms with Crippen molar-refractivity contribution in [3.8, 4) is 12.3 Å². The minimum atomic E-state index is -4.91. The summed E-state index contributed by atoms with van der Waals surface area (Å²) in [6.07, 6.45) is 0.167. The molecule has 0 bridgehead atoms.